The van der Waals surface area contributed by atoms with Crippen molar-refractivity contribution < 1.29 is 28.7 Å². The number of carboxylic acid groups (broad SMARTS) is 1. The number of hydrogen-bond donors (Lipinski definition) is 2. The molecule has 1 aromatic rings. The molecular formula is C7H4F2N2O5. The number of aromatic nitrogens is 1. The maximum Gasteiger partial charge on any atom is 0.346 e. The number of hydrogen-bond acceptors (Lipinski definition) is 5. The minimum absolute atomic E-state index is 0.429. The lowest BCUT2D eigenvalue weighted by Gasteiger charge is -2.04. The first-order valence-electron chi connectivity index (χ1n) is 3.74. The Balaban J connectivity index is 3.63. The van der Waals surface area contributed by atoms with Gasteiger partial charge in [-0.2, -0.15) is 0 Å². The lowest BCUT2D eigenvalue weighted by molar-refractivity contribution is -0.387. The highest BCUT2D eigenvalue weighted by molar-refractivity contribution is 5.95. The van der Waals surface area contributed by atoms with E-state index in [4.69, 9.17) is 10.2 Å². The number of aromatic carboxylic acids is 1. The highest BCUT2D eigenvalue weighted by atomic mass is 19.3. The predicted octanol–water partition coefficient (Wildman–Crippen LogP) is 1.33. The first-order valence-corrected chi connectivity index (χ1v) is 3.74. The van der Waals surface area contributed by atoms with Gasteiger partial charge in [-0.15, -0.1) is 0 Å². The molecule has 1 heterocycles. The van der Waals surface area contributed by atoms with Gasteiger partial charge in [0.2, 0.25) is 0 Å². The molecule has 0 amide bonds. The van der Waals surface area contributed by atoms with E-state index in [1.54, 1.807) is 0 Å². The first-order chi connectivity index (χ1) is 7.36. The first kappa shape index (κ1) is 11.8. The Morgan fingerprint density at radius 1 is 1.56 bits per heavy atom. The van der Waals surface area contributed by atoms with Gasteiger partial charge in [-0.3, -0.25) is 10.1 Å². The van der Waals surface area contributed by atoms with E-state index in [-0.39, 0.29) is 0 Å². The Labute approximate surface area is 86.1 Å². The van der Waals surface area contributed by atoms with Crippen molar-refractivity contribution in [2.45, 2.75) is 6.43 Å². The number of carboxylic acids is 1. The van der Waals surface area contributed by atoms with Gasteiger partial charge in [0.1, 0.15) is 0 Å². The summed E-state index contributed by atoms with van der Waals surface area (Å²) < 4.78 is 24.6. The number of nitro groups is 1. The van der Waals surface area contributed by atoms with Crippen LogP contribution in [0.5, 0.6) is 5.75 Å². The largest absolute Gasteiger partial charge is 0.505 e. The van der Waals surface area contributed by atoms with Crippen LogP contribution in [0, 0.1) is 10.1 Å². The van der Waals surface area contributed by atoms with Crippen molar-refractivity contribution in [1.82, 2.24) is 4.98 Å². The molecule has 1 rings (SSSR count). The third kappa shape index (κ3) is 1.87. The molecule has 2 N–H and O–H groups in total. The molecule has 0 saturated heterocycles. The molecule has 0 fully saturated rings. The highest BCUT2D eigenvalue weighted by Crippen LogP contribution is 2.34. The third-order valence-corrected chi connectivity index (χ3v) is 1.66. The van der Waals surface area contributed by atoms with Crippen LogP contribution in [-0.4, -0.2) is 26.1 Å². The lowest BCUT2D eigenvalue weighted by Crippen LogP contribution is -2.08. The molecule has 0 aliphatic carbocycles. The Hall–Kier alpha value is -2.32. The molecule has 0 bridgehead atoms. The Morgan fingerprint density at radius 3 is 2.50 bits per heavy atom. The van der Waals surface area contributed by atoms with Gasteiger partial charge >= 0.3 is 11.7 Å². The van der Waals surface area contributed by atoms with Crippen molar-refractivity contribution in [2.24, 2.45) is 0 Å². The van der Waals surface area contributed by atoms with Crippen molar-refractivity contribution >= 4 is 11.7 Å². The van der Waals surface area contributed by atoms with Crippen molar-refractivity contribution in [2.75, 3.05) is 0 Å². The molecule has 0 unspecified atom stereocenters. The van der Waals surface area contributed by atoms with E-state index in [9.17, 15) is 23.7 Å². The topological polar surface area (TPSA) is 114 Å². The van der Waals surface area contributed by atoms with Gasteiger partial charge in [0.05, 0.1) is 11.1 Å². The number of pyridine rings is 1. The van der Waals surface area contributed by atoms with E-state index >= 15 is 0 Å². The van der Waals surface area contributed by atoms with Crippen LogP contribution in [0.15, 0.2) is 6.20 Å². The molecule has 0 aliphatic rings. The number of rotatable bonds is 3. The molecule has 9 heteroatoms. The molecule has 0 saturated carbocycles. The van der Waals surface area contributed by atoms with E-state index in [0.717, 1.165) is 0 Å². The predicted molar refractivity (Wildman–Crippen MR) is 44.5 cm³/mol. The van der Waals surface area contributed by atoms with Gasteiger partial charge in [0, 0.05) is 0 Å². The van der Waals surface area contributed by atoms with Gasteiger partial charge < -0.3 is 10.2 Å². The maximum absolute atomic E-state index is 12.3. The summed E-state index contributed by atoms with van der Waals surface area (Å²) in [5.74, 6) is -2.92. The van der Waals surface area contributed by atoms with Crippen LogP contribution in [-0.2, 0) is 0 Å². The van der Waals surface area contributed by atoms with E-state index in [0.29, 0.717) is 6.20 Å². The second kappa shape index (κ2) is 4.04. The van der Waals surface area contributed by atoms with E-state index in [1.165, 1.54) is 0 Å². The van der Waals surface area contributed by atoms with Crippen LogP contribution in [0.3, 0.4) is 0 Å². The summed E-state index contributed by atoms with van der Waals surface area (Å²) in [6.07, 6.45) is -2.88. The number of carbonyl (C=O) groups is 1. The molecule has 86 valence electrons. The Kier molecular flexibility index (Phi) is 2.97. The number of alkyl halides is 2. The molecule has 0 radical (unpaired) electrons. The maximum atomic E-state index is 12.3. The molecule has 1 aromatic heterocycles. The standard InChI is InChI=1S/C7H4F2N2O5/c8-6(9)4-5(11(15)16)3(7(13)14)2(12)1-10-4/h1,6,12H,(H,13,14). The summed E-state index contributed by atoms with van der Waals surface area (Å²) in [7, 11) is 0. The van der Waals surface area contributed by atoms with Crippen molar-refractivity contribution in [3.8, 4) is 5.75 Å². The van der Waals surface area contributed by atoms with Crippen LogP contribution < -0.4 is 0 Å². The summed E-state index contributed by atoms with van der Waals surface area (Å²) in [5, 5.41) is 28.1. The van der Waals surface area contributed by atoms with E-state index in [2.05, 4.69) is 4.98 Å². The van der Waals surface area contributed by atoms with Crippen molar-refractivity contribution in [3.05, 3.63) is 27.6 Å². The van der Waals surface area contributed by atoms with Gasteiger partial charge in [-0.1, -0.05) is 0 Å². The SMILES string of the molecule is O=C(O)c1c(O)cnc(C(F)F)c1[N+](=O)[O-]. The minimum atomic E-state index is -3.31. The summed E-state index contributed by atoms with van der Waals surface area (Å²) in [5.41, 5.74) is -3.89. The van der Waals surface area contributed by atoms with Crippen molar-refractivity contribution in [1.29, 1.82) is 0 Å². The molecular weight excluding hydrogens is 230 g/mol. The van der Waals surface area contributed by atoms with Crippen LogP contribution >= 0.6 is 0 Å². The van der Waals surface area contributed by atoms with Crippen molar-refractivity contribution in [3.63, 3.8) is 0 Å². The van der Waals surface area contributed by atoms with E-state index in [1.807, 2.05) is 0 Å². The zero-order chi connectivity index (χ0) is 12.5. The summed E-state index contributed by atoms with van der Waals surface area (Å²) >= 11 is 0. The normalized spacial score (nSPS) is 10.4. The molecule has 7 nitrogen and oxygen atoms in total. The smallest absolute Gasteiger partial charge is 0.346 e. The van der Waals surface area contributed by atoms with E-state index < -0.39 is 40.0 Å². The fourth-order valence-corrected chi connectivity index (χ4v) is 1.06. The second-order valence-corrected chi connectivity index (χ2v) is 2.62. The number of nitrogens with zero attached hydrogens (tertiary/aromatic N) is 2. The lowest BCUT2D eigenvalue weighted by atomic mass is 10.1. The van der Waals surface area contributed by atoms with Crippen LogP contribution in [0.4, 0.5) is 14.5 Å². The van der Waals surface area contributed by atoms with Gasteiger partial charge in [-0.25, -0.2) is 18.6 Å². The zero-order valence-electron chi connectivity index (χ0n) is 7.42. The molecule has 0 atom stereocenters. The van der Waals surface area contributed by atoms with Gasteiger partial charge in [0.25, 0.3) is 6.43 Å². The fourth-order valence-electron chi connectivity index (χ4n) is 1.06. The summed E-state index contributed by atoms with van der Waals surface area (Å²) in [4.78, 5) is 22.7. The Bertz CT molecular complexity index is 462. The average Bonchev–Trinajstić information content (AvgIpc) is 2.15. The highest BCUT2D eigenvalue weighted by Gasteiger charge is 2.33. The fraction of sp³-hybridized carbons (Fsp3) is 0.143. The van der Waals surface area contributed by atoms with Gasteiger partial charge in [-0.05, 0) is 0 Å². The summed E-state index contributed by atoms with van der Waals surface area (Å²) in [6.45, 7) is 0. The monoisotopic (exact) mass is 234 g/mol. The minimum Gasteiger partial charge on any atom is -0.505 e. The molecule has 0 aliphatic heterocycles. The summed E-state index contributed by atoms with van der Waals surface area (Å²) in [6, 6.07) is 0. The van der Waals surface area contributed by atoms with Gasteiger partial charge in [0.15, 0.2) is 17.0 Å². The van der Waals surface area contributed by atoms with Crippen LogP contribution in [0.2, 0.25) is 0 Å². The molecule has 0 spiro atoms. The van der Waals surface area contributed by atoms with Crippen LogP contribution in [0.1, 0.15) is 22.5 Å². The Morgan fingerprint density at radius 2 is 2.12 bits per heavy atom. The van der Waals surface area contributed by atoms with Crippen LogP contribution in [0.25, 0.3) is 0 Å². The molecule has 0 aromatic carbocycles. The quantitative estimate of drug-likeness (QED) is 0.602. The second-order valence-electron chi connectivity index (χ2n) is 2.62. The zero-order valence-corrected chi connectivity index (χ0v) is 7.42. The number of aromatic hydroxyl groups is 1. The average molecular weight is 234 g/mol. The number of halogens is 2. The third-order valence-electron chi connectivity index (χ3n) is 1.66. The molecule has 16 heavy (non-hydrogen) atoms.